The number of ether oxygens (including phenoxy) is 1. The van der Waals surface area contributed by atoms with E-state index in [1.807, 2.05) is 6.92 Å². The summed E-state index contributed by atoms with van der Waals surface area (Å²) < 4.78 is 47.1. The van der Waals surface area contributed by atoms with Crippen molar-refractivity contribution in [3.05, 3.63) is 63.0 Å². The van der Waals surface area contributed by atoms with E-state index in [2.05, 4.69) is 20.1 Å². The van der Waals surface area contributed by atoms with Gasteiger partial charge in [0.25, 0.3) is 5.91 Å². The van der Waals surface area contributed by atoms with Crippen molar-refractivity contribution in [1.82, 2.24) is 29.5 Å². The van der Waals surface area contributed by atoms with Crippen LogP contribution < -0.4 is 9.04 Å². The Hall–Kier alpha value is -3.36. The number of pyridine rings is 2. The fourth-order valence-electron chi connectivity index (χ4n) is 4.24. The van der Waals surface area contributed by atoms with E-state index in [0.29, 0.717) is 22.6 Å². The van der Waals surface area contributed by atoms with Crippen molar-refractivity contribution in [3.8, 4) is 5.75 Å². The van der Waals surface area contributed by atoms with Crippen LogP contribution >= 0.6 is 22.9 Å². The maximum atomic E-state index is 15.2. The van der Waals surface area contributed by atoms with Gasteiger partial charge in [-0.3, -0.25) is 14.1 Å². The topological polar surface area (TPSA) is 123 Å². The minimum atomic E-state index is -3.54. The van der Waals surface area contributed by atoms with Crippen molar-refractivity contribution in [2.45, 2.75) is 26.3 Å². The van der Waals surface area contributed by atoms with Crippen LogP contribution in [0.3, 0.4) is 0 Å². The maximum Gasteiger partial charge on any atom is 0.261 e. The van der Waals surface area contributed by atoms with Crippen LogP contribution in [0.25, 0.3) is 4.96 Å². The summed E-state index contributed by atoms with van der Waals surface area (Å²) in [5.41, 5.74) is 2.06. The van der Waals surface area contributed by atoms with Crippen molar-refractivity contribution < 1.29 is 22.3 Å². The molecule has 200 valence electrons. The van der Waals surface area contributed by atoms with Crippen molar-refractivity contribution in [2.24, 2.45) is 0 Å². The molecule has 0 unspecified atom stereocenters. The van der Waals surface area contributed by atoms with Gasteiger partial charge in [0.1, 0.15) is 28.4 Å². The van der Waals surface area contributed by atoms with Crippen LogP contribution in [-0.2, 0) is 21.2 Å². The Morgan fingerprint density at radius 3 is 2.76 bits per heavy atom. The molecule has 0 spiro atoms. The van der Waals surface area contributed by atoms with Gasteiger partial charge in [-0.15, -0.1) is 0 Å². The fourth-order valence-corrected chi connectivity index (χ4v) is 5.65. The van der Waals surface area contributed by atoms with Gasteiger partial charge in [0.05, 0.1) is 17.6 Å². The van der Waals surface area contributed by atoms with Gasteiger partial charge in [-0.1, -0.05) is 22.9 Å². The Labute approximate surface area is 226 Å². The largest absolute Gasteiger partial charge is 0.481 e. The lowest BCUT2D eigenvalue weighted by Gasteiger charge is -2.35. The fraction of sp³-hybridized carbons (Fsp3) is 0.348. The number of hydrogen-bond acceptors (Lipinski definition) is 9. The van der Waals surface area contributed by atoms with E-state index in [-0.39, 0.29) is 29.0 Å². The first-order valence-electron chi connectivity index (χ1n) is 11.4. The molecule has 0 fully saturated rings. The number of nitrogens with zero attached hydrogens (tertiary/aromatic N) is 7. The van der Waals surface area contributed by atoms with Gasteiger partial charge in [-0.2, -0.15) is 5.10 Å². The molecule has 4 aromatic rings. The van der Waals surface area contributed by atoms with Gasteiger partial charge in [0.2, 0.25) is 15.0 Å². The number of amides is 1. The maximum absolute atomic E-state index is 15.2. The summed E-state index contributed by atoms with van der Waals surface area (Å²) in [6.45, 7) is 3.44. The van der Waals surface area contributed by atoms with Gasteiger partial charge in [-0.05, 0) is 37.6 Å². The molecular weight excluding hydrogens is 557 g/mol. The van der Waals surface area contributed by atoms with Crippen LogP contribution in [0.5, 0.6) is 5.75 Å². The van der Waals surface area contributed by atoms with E-state index >= 15 is 4.39 Å². The van der Waals surface area contributed by atoms with E-state index in [0.717, 1.165) is 21.3 Å². The number of carbonyl (C=O) groups excluding carboxylic acids is 1. The Kier molecular flexibility index (Phi) is 6.73. The lowest BCUT2D eigenvalue weighted by atomic mass is 9.98. The SMILES string of the molecule is Cc1cnc([C@@H]2c3c(nc4sc(C)nn34)CCN2C(=O)COc2ccc(N(C)S(C)(=O)=O)nc2Cl)c(F)c1. The molecule has 1 aliphatic rings. The highest BCUT2D eigenvalue weighted by Gasteiger charge is 2.39. The van der Waals surface area contributed by atoms with E-state index in [4.69, 9.17) is 16.3 Å². The highest BCUT2D eigenvalue weighted by Crippen LogP contribution is 2.37. The number of fused-ring (bicyclic) bond motifs is 3. The first-order chi connectivity index (χ1) is 17.9. The molecule has 5 rings (SSSR count). The highest BCUT2D eigenvalue weighted by atomic mass is 35.5. The number of imidazole rings is 1. The zero-order valence-corrected chi connectivity index (χ0v) is 23.2. The number of anilines is 1. The van der Waals surface area contributed by atoms with Crippen molar-refractivity contribution in [1.29, 1.82) is 0 Å². The average Bonchev–Trinajstić information content (AvgIpc) is 3.37. The molecule has 1 amide bonds. The summed E-state index contributed by atoms with van der Waals surface area (Å²) in [5.74, 6) is -0.774. The second-order valence-electron chi connectivity index (χ2n) is 8.86. The summed E-state index contributed by atoms with van der Waals surface area (Å²) in [6.07, 6.45) is 3.05. The summed E-state index contributed by atoms with van der Waals surface area (Å²) >= 11 is 7.62. The molecule has 0 N–H and O–H groups in total. The minimum absolute atomic E-state index is 0.0882. The highest BCUT2D eigenvalue weighted by molar-refractivity contribution is 7.92. The molecule has 38 heavy (non-hydrogen) atoms. The summed E-state index contributed by atoms with van der Waals surface area (Å²) in [6, 6.07) is 3.36. The van der Waals surface area contributed by atoms with Crippen LogP contribution in [-0.4, -0.2) is 70.2 Å². The quantitative estimate of drug-likeness (QED) is 0.320. The van der Waals surface area contributed by atoms with Crippen LogP contribution in [0, 0.1) is 19.7 Å². The predicted molar refractivity (Wildman–Crippen MR) is 140 cm³/mol. The van der Waals surface area contributed by atoms with Crippen molar-refractivity contribution in [2.75, 3.05) is 30.8 Å². The first kappa shape index (κ1) is 26.3. The van der Waals surface area contributed by atoms with Gasteiger partial charge in [0, 0.05) is 26.2 Å². The normalized spacial score (nSPS) is 15.5. The Balaban J connectivity index is 1.45. The summed E-state index contributed by atoms with van der Waals surface area (Å²) in [7, 11) is -2.19. The minimum Gasteiger partial charge on any atom is -0.481 e. The molecule has 11 nitrogen and oxygen atoms in total. The molecule has 0 saturated carbocycles. The molecule has 0 bridgehead atoms. The summed E-state index contributed by atoms with van der Waals surface area (Å²) in [4.78, 5) is 28.7. The monoisotopic (exact) mass is 579 g/mol. The van der Waals surface area contributed by atoms with Gasteiger partial charge >= 0.3 is 0 Å². The van der Waals surface area contributed by atoms with Crippen LogP contribution in [0.1, 0.15) is 33.7 Å². The number of hydrogen-bond donors (Lipinski definition) is 0. The number of halogens is 2. The number of carbonyl (C=O) groups is 1. The lowest BCUT2D eigenvalue weighted by Crippen LogP contribution is -2.44. The molecule has 0 aromatic carbocycles. The van der Waals surface area contributed by atoms with Gasteiger partial charge in [0.15, 0.2) is 17.5 Å². The molecule has 5 heterocycles. The zero-order valence-electron chi connectivity index (χ0n) is 20.8. The third-order valence-corrected chi connectivity index (χ3v) is 8.41. The third kappa shape index (κ3) is 4.78. The smallest absolute Gasteiger partial charge is 0.261 e. The summed E-state index contributed by atoms with van der Waals surface area (Å²) in [5, 5.41) is 5.20. The number of aryl methyl sites for hydroxylation is 2. The van der Waals surface area contributed by atoms with E-state index < -0.39 is 34.4 Å². The molecule has 0 radical (unpaired) electrons. The van der Waals surface area contributed by atoms with E-state index in [9.17, 15) is 13.2 Å². The molecule has 1 aliphatic heterocycles. The van der Waals surface area contributed by atoms with E-state index in [1.54, 1.807) is 17.6 Å². The van der Waals surface area contributed by atoms with Gasteiger partial charge < -0.3 is 9.64 Å². The van der Waals surface area contributed by atoms with Crippen molar-refractivity contribution in [3.63, 3.8) is 0 Å². The molecule has 1 atom stereocenters. The van der Waals surface area contributed by atoms with Gasteiger partial charge in [-0.25, -0.2) is 27.3 Å². The molecular formula is C23H23ClFN7O4S2. The Bertz CT molecular complexity index is 1670. The number of rotatable bonds is 6. The number of aromatic nitrogens is 5. The van der Waals surface area contributed by atoms with Crippen LogP contribution in [0.15, 0.2) is 24.4 Å². The molecule has 15 heteroatoms. The Morgan fingerprint density at radius 2 is 2.08 bits per heavy atom. The second-order valence-corrected chi connectivity index (χ2v) is 12.4. The first-order valence-corrected chi connectivity index (χ1v) is 14.5. The molecule has 4 aromatic heterocycles. The standard InChI is InChI=1S/C23H23ClFN7O4S2/c1-12-9-14(25)19(26-10-12)21-20-15(27-23-32(20)29-13(2)37-23)7-8-31(21)18(33)11-36-16-5-6-17(28-22(16)24)30(3)38(4,34)35/h5-6,9-10,21H,7-8,11H2,1-4H3/t21-/m1/s1. The average molecular weight is 580 g/mol. The van der Waals surface area contributed by atoms with E-state index in [1.165, 1.54) is 41.5 Å². The van der Waals surface area contributed by atoms with Crippen LogP contribution in [0.2, 0.25) is 5.15 Å². The second kappa shape index (κ2) is 9.75. The number of sulfonamides is 1. The molecule has 0 saturated heterocycles. The predicted octanol–water partition coefficient (Wildman–Crippen LogP) is 2.94. The third-order valence-electron chi connectivity index (χ3n) is 6.13. The Morgan fingerprint density at radius 1 is 1.32 bits per heavy atom. The van der Waals surface area contributed by atoms with Crippen molar-refractivity contribution >= 4 is 49.6 Å². The lowest BCUT2D eigenvalue weighted by molar-refractivity contribution is -0.135. The zero-order chi connectivity index (χ0) is 27.4. The molecule has 0 aliphatic carbocycles. The van der Waals surface area contributed by atoms with Crippen LogP contribution in [0.4, 0.5) is 10.2 Å².